The summed E-state index contributed by atoms with van der Waals surface area (Å²) in [5, 5.41) is 0. The smallest absolute Gasteiger partial charge is 0.205 e. The molecule has 1 aliphatic heterocycles. The van der Waals surface area contributed by atoms with Crippen LogP contribution in [0.25, 0.3) is 0 Å². The van der Waals surface area contributed by atoms with Gasteiger partial charge >= 0.3 is 0 Å². The molecule has 3 nitrogen and oxygen atoms in total. The third-order valence-corrected chi connectivity index (χ3v) is 5.33. The van der Waals surface area contributed by atoms with Gasteiger partial charge in [-0.25, -0.2) is 8.78 Å². The summed E-state index contributed by atoms with van der Waals surface area (Å²) in [6, 6.07) is 9.36. The van der Waals surface area contributed by atoms with Gasteiger partial charge in [0.1, 0.15) is 0 Å². The highest BCUT2D eigenvalue weighted by atomic mass is 19.2. The monoisotopic (exact) mass is 446 g/mol. The molecule has 3 aromatic carbocycles. The molecule has 0 saturated heterocycles. The van der Waals surface area contributed by atoms with Gasteiger partial charge in [-0.05, 0) is 56.0 Å². The molecule has 0 amide bonds. The van der Waals surface area contributed by atoms with Crippen molar-refractivity contribution in [1.82, 2.24) is 0 Å². The fourth-order valence-electron chi connectivity index (χ4n) is 3.78. The molecule has 0 unspecified atom stereocenters. The molecule has 3 aromatic rings. The molecule has 1 heterocycles. The van der Waals surface area contributed by atoms with Gasteiger partial charge in [-0.3, -0.25) is 0 Å². The van der Waals surface area contributed by atoms with E-state index in [9.17, 15) is 13.2 Å². The normalized spacial score (nSPS) is 12.1. The number of ether oxygens (including phenoxy) is 3. The number of aryl methyl sites for hydroxylation is 2. The molecule has 0 N–H and O–H groups in total. The van der Waals surface area contributed by atoms with Crippen LogP contribution in [0.15, 0.2) is 36.4 Å². The average Bonchev–Trinajstić information content (AvgIpc) is 2.78. The van der Waals surface area contributed by atoms with Crippen molar-refractivity contribution >= 4 is 0 Å². The molecule has 0 bridgehead atoms. The predicted molar refractivity (Wildman–Crippen MR) is 112 cm³/mol. The second kappa shape index (κ2) is 9.10. The lowest BCUT2D eigenvalue weighted by Gasteiger charge is -2.23. The first-order chi connectivity index (χ1) is 15.4. The van der Waals surface area contributed by atoms with Crippen molar-refractivity contribution in [2.45, 2.75) is 33.1 Å². The summed E-state index contributed by atoms with van der Waals surface area (Å²) in [6.07, 6.45) is 0.850. The van der Waals surface area contributed by atoms with Crippen LogP contribution >= 0.6 is 0 Å². The van der Waals surface area contributed by atoms with E-state index in [2.05, 4.69) is 0 Å². The fourth-order valence-corrected chi connectivity index (χ4v) is 3.78. The zero-order valence-electron chi connectivity index (χ0n) is 17.7. The second-order valence-electron chi connectivity index (χ2n) is 7.43. The molecule has 0 fully saturated rings. The van der Waals surface area contributed by atoms with Crippen molar-refractivity contribution < 1.29 is 31.8 Å². The Bertz CT molecular complexity index is 1160. The maximum atomic E-state index is 15.2. The van der Waals surface area contributed by atoms with E-state index in [-0.39, 0.29) is 42.4 Å². The zero-order chi connectivity index (χ0) is 22.8. The standard InChI is InChI=1S/C25H22F4O3/c1-3-30-19-10-6-14(11-18(19)26)5-7-15-8-9-16-12-17-13-20(31-4-2)22(28)23(29)25(17)32-24(16)21(15)27/h6,8-11,13H,3-5,7,12H2,1-2H3. The molecule has 7 heteroatoms. The molecule has 0 spiro atoms. The minimum absolute atomic E-state index is 0.115. The molecule has 0 atom stereocenters. The van der Waals surface area contributed by atoms with Crippen LogP contribution in [-0.4, -0.2) is 13.2 Å². The number of rotatable bonds is 7. The highest BCUT2D eigenvalue weighted by Crippen LogP contribution is 2.43. The Morgan fingerprint density at radius 3 is 2.19 bits per heavy atom. The SMILES string of the molecule is CCOc1ccc(CCc2ccc3c(c2F)Oc2c(cc(OCC)c(F)c2F)C3)cc1F. The van der Waals surface area contributed by atoms with Gasteiger partial charge in [-0.15, -0.1) is 0 Å². The Labute approximate surface area is 183 Å². The van der Waals surface area contributed by atoms with Crippen molar-refractivity contribution in [1.29, 1.82) is 0 Å². The van der Waals surface area contributed by atoms with Crippen LogP contribution in [0.4, 0.5) is 17.6 Å². The van der Waals surface area contributed by atoms with Gasteiger partial charge in [0, 0.05) is 17.5 Å². The van der Waals surface area contributed by atoms with E-state index in [1.54, 1.807) is 38.1 Å². The van der Waals surface area contributed by atoms with E-state index in [1.807, 2.05) is 0 Å². The van der Waals surface area contributed by atoms with Crippen LogP contribution in [0.1, 0.15) is 36.1 Å². The van der Waals surface area contributed by atoms with Crippen LogP contribution in [0.3, 0.4) is 0 Å². The quantitative estimate of drug-likeness (QED) is 0.303. The number of hydrogen-bond donors (Lipinski definition) is 0. The first kappa shape index (κ1) is 22.0. The second-order valence-corrected chi connectivity index (χ2v) is 7.43. The first-order valence-electron chi connectivity index (χ1n) is 10.5. The zero-order valence-corrected chi connectivity index (χ0v) is 17.7. The minimum Gasteiger partial charge on any atom is -0.491 e. The van der Waals surface area contributed by atoms with E-state index in [0.29, 0.717) is 35.3 Å². The van der Waals surface area contributed by atoms with Gasteiger partial charge in [0.15, 0.2) is 34.6 Å². The largest absolute Gasteiger partial charge is 0.491 e. The third kappa shape index (κ3) is 4.11. The number of fused-ring (bicyclic) bond motifs is 2. The molecular weight excluding hydrogens is 424 g/mol. The molecule has 0 radical (unpaired) electrons. The van der Waals surface area contributed by atoms with Crippen LogP contribution in [0, 0.1) is 23.3 Å². The lowest BCUT2D eigenvalue weighted by atomic mass is 9.96. The third-order valence-electron chi connectivity index (χ3n) is 5.33. The molecule has 1 aliphatic rings. The maximum absolute atomic E-state index is 15.2. The summed E-state index contributed by atoms with van der Waals surface area (Å²) in [6.45, 7) is 3.98. The highest BCUT2D eigenvalue weighted by Gasteiger charge is 2.28. The van der Waals surface area contributed by atoms with Gasteiger partial charge < -0.3 is 14.2 Å². The summed E-state index contributed by atoms with van der Waals surface area (Å²) >= 11 is 0. The lowest BCUT2D eigenvalue weighted by molar-refractivity contribution is 0.306. The first-order valence-corrected chi connectivity index (χ1v) is 10.5. The van der Waals surface area contributed by atoms with Gasteiger partial charge in [0.2, 0.25) is 11.6 Å². The number of hydrogen-bond acceptors (Lipinski definition) is 3. The van der Waals surface area contributed by atoms with Gasteiger partial charge in [0.05, 0.1) is 13.2 Å². The summed E-state index contributed by atoms with van der Waals surface area (Å²) in [4.78, 5) is 0. The number of benzene rings is 3. The summed E-state index contributed by atoms with van der Waals surface area (Å²) in [7, 11) is 0. The van der Waals surface area contributed by atoms with Crippen LogP contribution in [0.5, 0.6) is 23.0 Å². The number of halogens is 4. The Morgan fingerprint density at radius 1 is 0.750 bits per heavy atom. The van der Waals surface area contributed by atoms with Crippen LogP contribution in [-0.2, 0) is 19.3 Å². The topological polar surface area (TPSA) is 27.7 Å². The van der Waals surface area contributed by atoms with Crippen LogP contribution in [0.2, 0.25) is 0 Å². The summed E-state index contributed by atoms with van der Waals surface area (Å²) in [5.41, 5.74) is 1.94. The van der Waals surface area contributed by atoms with Crippen molar-refractivity contribution in [2.24, 2.45) is 0 Å². The molecule has 4 rings (SSSR count). The van der Waals surface area contributed by atoms with Crippen molar-refractivity contribution in [2.75, 3.05) is 13.2 Å². The van der Waals surface area contributed by atoms with E-state index in [0.717, 1.165) is 0 Å². The Hall–Kier alpha value is -3.22. The molecule has 0 aromatic heterocycles. The Balaban J connectivity index is 1.56. The van der Waals surface area contributed by atoms with Crippen molar-refractivity contribution in [3.8, 4) is 23.0 Å². The molecule has 168 valence electrons. The van der Waals surface area contributed by atoms with Gasteiger partial charge in [0.25, 0.3) is 0 Å². The minimum atomic E-state index is -1.20. The average molecular weight is 446 g/mol. The summed E-state index contributed by atoms with van der Waals surface area (Å²) in [5.74, 6) is -3.94. The maximum Gasteiger partial charge on any atom is 0.205 e. The molecule has 0 saturated carbocycles. The van der Waals surface area contributed by atoms with E-state index < -0.39 is 23.3 Å². The lowest BCUT2D eigenvalue weighted by Crippen LogP contribution is -2.11. The predicted octanol–water partition coefficient (Wildman–Crippen LogP) is 6.52. The molecule has 32 heavy (non-hydrogen) atoms. The molecule has 0 aliphatic carbocycles. The Morgan fingerprint density at radius 2 is 1.47 bits per heavy atom. The van der Waals surface area contributed by atoms with Gasteiger partial charge in [-0.2, -0.15) is 8.78 Å². The van der Waals surface area contributed by atoms with Gasteiger partial charge in [-0.1, -0.05) is 18.2 Å². The fraction of sp³-hybridized carbons (Fsp3) is 0.280. The molecular formula is C25H22F4O3. The van der Waals surface area contributed by atoms with Crippen molar-refractivity contribution in [3.05, 3.63) is 81.9 Å². The van der Waals surface area contributed by atoms with Crippen molar-refractivity contribution in [3.63, 3.8) is 0 Å². The van der Waals surface area contributed by atoms with Crippen LogP contribution < -0.4 is 14.2 Å². The van der Waals surface area contributed by atoms with E-state index in [1.165, 1.54) is 12.1 Å². The van der Waals surface area contributed by atoms with E-state index >= 15 is 4.39 Å². The summed E-state index contributed by atoms with van der Waals surface area (Å²) < 4.78 is 73.8. The highest BCUT2D eigenvalue weighted by molar-refractivity contribution is 5.54. The Kier molecular flexibility index (Phi) is 6.26. The van der Waals surface area contributed by atoms with E-state index in [4.69, 9.17) is 14.2 Å².